The van der Waals surface area contributed by atoms with Crippen molar-refractivity contribution in [2.45, 2.75) is 32.4 Å². The van der Waals surface area contributed by atoms with Gasteiger partial charge in [-0.3, -0.25) is 9.69 Å². The van der Waals surface area contributed by atoms with Gasteiger partial charge in [0.1, 0.15) is 0 Å². The summed E-state index contributed by atoms with van der Waals surface area (Å²) < 4.78 is 0. The molecule has 4 heteroatoms. The predicted octanol–water partition coefficient (Wildman–Crippen LogP) is 1.63. The highest BCUT2D eigenvalue weighted by Gasteiger charge is 2.19. The van der Waals surface area contributed by atoms with Crippen LogP contribution in [0.3, 0.4) is 0 Å². The maximum atomic E-state index is 11.0. The molecule has 104 valence electrons. The minimum atomic E-state index is -0.758. The molecule has 1 heterocycles. The molecule has 1 aliphatic heterocycles. The lowest BCUT2D eigenvalue weighted by Crippen LogP contribution is -2.39. The van der Waals surface area contributed by atoms with Crippen molar-refractivity contribution in [3.63, 3.8) is 0 Å². The first kappa shape index (κ1) is 14.0. The van der Waals surface area contributed by atoms with Crippen LogP contribution in [0.4, 0.5) is 0 Å². The van der Waals surface area contributed by atoms with Crippen LogP contribution in [0.1, 0.15) is 24.0 Å². The normalized spacial score (nSPS) is 18.9. The fourth-order valence-electron chi connectivity index (χ4n) is 2.63. The first-order chi connectivity index (χ1) is 9.15. The second-order valence-electron chi connectivity index (χ2n) is 5.28. The Morgan fingerprint density at radius 2 is 2.26 bits per heavy atom. The molecular formula is C15H22N2O2. The largest absolute Gasteiger partial charge is 0.480 e. The molecule has 1 aliphatic rings. The minimum absolute atomic E-state index is 0.104. The summed E-state index contributed by atoms with van der Waals surface area (Å²) in [4.78, 5) is 13.0. The smallest absolute Gasteiger partial charge is 0.317 e. The van der Waals surface area contributed by atoms with Gasteiger partial charge in [0, 0.05) is 19.1 Å². The molecule has 1 aromatic carbocycles. The Morgan fingerprint density at radius 1 is 1.47 bits per heavy atom. The molecule has 0 amide bonds. The van der Waals surface area contributed by atoms with Crippen LogP contribution in [0, 0.1) is 6.92 Å². The Kier molecular flexibility index (Phi) is 4.93. The number of aryl methyl sites for hydroxylation is 1. The summed E-state index contributed by atoms with van der Waals surface area (Å²) in [7, 11) is 0. The van der Waals surface area contributed by atoms with E-state index < -0.39 is 5.97 Å². The van der Waals surface area contributed by atoms with Crippen LogP contribution < -0.4 is 5.32 Å². The van der Waals surface area contributed by atoms with Crippen molar-refractivity contribution in [2.24, 2.45) is 0 Å². The number of nitrogens with one attached hydrogen (secondary N) is 1. The number of hydrogen-bond donors (Lipinski definition) is 2. The van der Waals surface area contributed by atoms with Gasteiger partial charge in [0.25, 0.3) is 0 Å². The molecule has 0 spiro atoms. The lowest BCUT2D eigenvalue weighted by molar-refractivity contribution is -0.138. The molecule has 0 saturated carbocycles. The topological polar surface area (TPSA) is 52.6 Å². The Labute approximate surface area is 114 Å². The van der Waals surface area contributed by atoms with E-state index >= 15 is 0 Å². The van der Waals surface area contributed by atoms with Crippen molar-refractivity contribution >= 4 is 5.97 Å². The number of nitrogens with zero attached hydrogens (tertiary/aromatic N) is 1. The van der Waals surface area contributed by atoms with Gasteiger partial charge in [-0.15, -0.1) is 0 Å². The molecule has 1 atom stereocenters. The maximum absolute atomic E-state index is 11.0. The van der Waals surface area contributed by atoms with E-state index in [4.69, 9.17) is 5.11 Å². The van der Waals surface area contributed by atoms with Gasteiger partial charge in [0.15, 0.2) is 0 Å². The Balaban J connectivity index is 2.00. The summed E-state index contributed by atoms with van der Waals surface area (Å²) in [6.45, 7) is 4.74. The van der Waals surface area contributed by atoms with E-state index in [0.717, 1.165) is 19.5 Å². The molecule has 0 unspecified atom stereocenters. The SMILES string of the molecule is Cc1ccccc1CN(CC(=O)O)C[C@@H]1CCCN1. The average Bonchev–Trinajstić information content (AvgIpc) is 2.84. The minimum Gasteiger partial charge on any atom is -0.480 e. The standard InChI is InChI=1S/C15H22N2O2/c1-12-5-2-3-6-13(12)9-17(11-15(18)19)10-14-7-4-8-16-14/h2-3,5-6,14,16H,4,7-11H2,1H3,(H,18,19)/t14-/m0/s1. The van der Waals surface area contributed by atoms with E-state index in [1.807, 2.05) is 17.0 Å². The van der Waals surface area contributed by atoms with Gasteiger partial charge in [-0.1, -0.05) is 24.3 Å². The highest BCUT2D eigenvalue weighted by atomic mass is 16.4. The van der Waals surface area contributed by atoms with Crippen molar-refractivity contribution in [3.8, 4) is 0 Å². The number of carboxylic acid groups (broad SMARTS) is 1. The monoisotopic (exact) mass is 262 g/mol. The molecule has 2 N–H and O–H groups in total. The van der Waals surface area contributed by atoms with E-state index in [9.17, 15) is 4.79 Å². The lowest BCUT2D eigenvalue weighted by atomic mass is 10.1. The molecule has 1 fully saturated rings. The van der Waals surface area contributed by atoms with E-state index in [0.29, 0.717) is 12.6 Å². The fraction of sp³-hybridized carbons (Fsp3) is 0.533. The first-order valence-electron chi connectivity index (χ1n) is 6.87. The van der Waals surface area contributed by atoms with Gasteiger partial charge in [-0.05, 0) is 37.4 Å². The van der Waals surface area contributed by atoms with Crippen molar-refractivity contribution in [2.75, 3.05) is 19.6 Å². The van der Waals surface area contributed by atoms with Gasteiger partial charge < -0.3 is 10.4 Å². The summed E-state index contributed by atoms with van der Waals surface area (Å²) in [5.74, 6) is -0.758. The molecule has 0 radical (unpaired) electrons. The highest BCUT2D eigenvalue weighted by Crippen LogP contribution is 2.13. The molecular weight excluding hydrogens is 240 g/mol. The summed E-state index contributed by atoms with van der Waals surface area (Å²) >= 11 is 0. The van der Waals surface area contributed by atoms with Crippen molar-refractivity contribution in [1.29, 1.82) is 0 Å². The number of hydrogen-bond acceptors (Lipinski definition) is 3. The number of carbonyl (C=O) groups is 1. The molecule has 2 rings (SSSR count). The van der Waals surface area contributed by atoms with Crippen molar-refractivity contribution in [1.82, 2.24) is 10.2 Å². The van der Waals surface area contributed by atoms with Gasteiger partial charge in [0.05, 0.1) is 6.54 Å². The Morgan fingerprint density at radius 3 is 2.89 bits per heavy atom. The van der Waals surface area contributed by atoms with Crippen LogP contribution in [0.2, 0.25) is 0 Å². The number of carboxylic acids is 1. The van der Waals surface area contributed by atoms with Crippen LogP contribution in [-0.2, 0) is 11.3 Å². The third-order valence-electron chi connectivity index (χ3n) is 3.66. The second kappa shape index (κ2) is 6.68. The zero-order valence-electron chi connectivity index (χ0n) is 11.4. The predicted molar refractivity (Wildman–Crippen MR) is 75.1 cm³/mol. The third-order valence-corrected chi connectivity index (χ3v) is 3.66. The summed E-state index contributed by atoms with van der Waals surface area (Å²) in [5, 5.41) is 12.5. The fourth-order valence-corrected chi connectivity index (χ4v) is 2.63. The van der Waals surface area contributed by atoms with Crippen LogP contribution in [-0.4, -0.2) is 41.7 Å². The van der Waals surface area contributed by atoms with Crippen LogP contribution in [0.5, 0.6) is 0 Å². The maximum Gasteiger partial charge on any atom is 0.317 e. The molecule has 19 heavy (non-hydrogen) atoms. The lowest BCUT2D eigenvalue weighted by Gasteiger charge is -2.24. The number of rotatable bonds is 6. The van der Waals surface area contributed by atoms with Gasteiger partial charge in [-0.25, -0.2) is 0 Å². The second-order valence-corrected chi connectivity index (χ2v) is 5.28. The van der Waals surface area contributed by atoms with E-state index in [1.165, 1.54) is 17.5 Å². The van der Waals surface area contributed by atoms with Gasteiger partial charge in [0.2, 0.25) is 0 Å². The van der Waals surface area contributed by atoms with E-state index in [-0.39, 0.29) is 6.54 Å². The zero-order valence-corrected chi connectivity index (χ0v) is 11.4. The summed E-state index contributed by atoms with van der Waals surface area (Å²) in [6.07, 6.45) is 2.33. The molecule has 1 saturated heterocycles. The van der Waals surface area contributed by atoms with Gasteiger partial charge >= 0.3 is 5.97 Å². The average molecular weight is 262 g/mol. The molecule has 1 aromatic rings. The van der Waals surface area contributed by atoms with Crippen LogP contribution >= 0.6 is 0 Å². The van der Waals surface area contributed by atoms with E-state index in [2.05, 4.69) is 24.4 Å². The molecule has 4 nitrogen and oxygen atoms in total. The summed E-state index contributed by atoms with van der Waals surface area (Å²) in [6, 6.07) is 8.60. The molecule has 0 bridgehead atoms. The van der Waals surface area contributed by atoms with Crippen molar-refractivity contribution in [3.05, 3.63) is 35.4 Å². The number of aliphatic carboxylic acids is 1. The van der Waals surface area contributed by atoms with Crippen LogP contribution in [0.15, 0.2) is 24.3 Å². The summed E-state index contributed by atoms with van der Waals surface area (Å²) in [5.41, 5.74) is 2.43. The van der Waals surface area contributed by atoms with E-state index in [1.54, 1.807) is 0 Å². The first-order valence-corrected chi connectivity index (χ1v) is 6.87. The quantitative estimate of drug-likeness (QED) is 0.818. The third kappa shape index (κ3) is 4.33. The van der Waals surface area contributed by atoms with Crippen molar-refractivity contribution < 1.29 is 9.90 Å². The zero-order chi connectivity index (χ0) is 13.7. The van der Waals surface area contributed by atoms with Crippen LogP contribution in [0.25, 0.3) is 0 Å². The molecule has 0 aromatic heterocycles. The van der Waals surface area contributed by atoms with Gasteiger partial charge in [-0.2, -0.15) is 0 Å². The Hall–Kier alpha value is -1.39. The molecule has 0 aliphatic carbocycles. The number of benzene rings is 1. The Bertz CT molecular complexity index is 428. The highest BCUT2D eigenvalue weighted by molar-refractivity contribution is 5.69.